The lowest BCUT2D eigenvalue weighted by Gasteiger charge is -2.05. The van der Waals surface area contributed by atoms with E-state index in [0.717, 1.165) is 11.4 Å². The van der Waals surface area contributed by atoms with E-state index in [4.69, 9.17) is 0 Å². The van der Waals surface area contributed by atoms with Crippen LogP contribution in [-0.2, 0) is 0 Å². The van der Waals surface area contributed by atoms with Gasteiger partial charge in [-0.2, -0.15) is 0 Å². The van der Waals surface area contributed by atoms with Crippen LogP contribution in [0.4, 0.5) is 14.7 Å². The van der Waals surface area contributed by atoms with Crippen molar-refractivity contribution < 1.29 is 8.78 Å². The van der Waals surface area contributed by atoms with Gasteiger partial charge in [0.15, 0.2) is 0 Å². The van der Waals surface area contributed by atoms with E-state index in [0.29, 0.717) is 0 Å². The van der Waals surface area contributed by atoms with E-state index in [2.05, 4.69) is 15.3 Å². The molecule has 0 fully saturated rings. The van der Waals surface area contributed by atoms with Gasteiger partial charge in [0, 0.05) is 11.4 Å². The standard InChI is InChI=1S/C8H11F2N3/c1-5-3-6(2)13-8(12-5)11-4-7(9)10/h3,7H,4H2,1-2H3,(H,11,12,13). The van der Waals surface area contributed by atoms with E-state index in [1.54, 1.807) is 19.9 Å². The first-order valence-electron chi connectivity index (χ1n) is 3.92. The zero-order valence-electron chi connectivity index (χ0n) is 7.51. The number of halogens is 2. The van der Waals surface area contributed by atoms with Gasteiger partial charge in [-0.25, -0.2) is 18.7 Å². The molecule has 0 unspecified atom stereocenters. The summed E-state index contributed by atoms with van der Waals surface area (Å²) in [4.78, 5) is 7.90. The predicted octanol–water partition coefficient (Wildman–Crippen LogP) is 1.77. The van der Waals surface area contributed by atoms with Gasteiger partial charge in [-0.3, -0.25) is 0 Å². The largest absolute Gasteiger partial charge is 0.348 e. The SMILES string of the molecule is Cc1cc(C)nc(NCC(F)F)n1. The molecule has 1 rings (SSSR count). The Hall–Kier alpha value is -1.26. The second-order valence-electron chi connectivity index (χ2n) is 2.75. The molecule has 13 heavy (non-hydrogen) atoms. The van der Waals surface area contributed by atoms with Gasteiger partial charge in [-0.1, -0.05) is 0 Å². The van der Waals surface area contributed by atoms with Crippen molar-refractivity contribution in [2.45, 2.75) is 20.3 Å². The highest BCUT2D eigenvalue weighted by Crippen LogP contribution is 2.04. The van der Waals surface area contributed by atoms with E-state index in [1.807, 2.05) is 0 Å². The van der Waals surface area contributed by atoms with Crippen LogP contribution in [0, 0.1) is 13.8 Å². The van der Waals surface area contributed by atoms with Crippen LogP contribution in [0.1, 0.15) is 11.4 Å². The van der Waals surface area contributed by atoms with E-state index in [-0.39, 0.29) is 5.95 Å². The zero-order chi connectivity index (χ0) is 9.84. The van der Waals surface area contributed by atoms with Gasteiger partial charge in [-0.15, -0.1) is 0 Å². The predicted molar refractivity (Wildman–Crippen MR) is 46.0 cm³/mol. The summed E-state index contributed by atoms with van der Waals surface area (Å²) >= 11 is 0. The highest BCUT2D eigenvalue weighted by molar-refractivity contribution is 5.27. The molecule has 0 aliphatic rings. The summed E-state index contributed by atoms with van der Waals surface area (Å²) in [7, 11) is 0. The Bertz CT molecular complexity index is 268. The van der Waals surface area contributed by atoms with Crippen LogP contribution >= 0.6 is 0 Å². The number of anilines is 1. The topological polar surface area (TPSA) is 37.8 Å². The molecule has 0 amide bonds. The van der Waals surface area contributed by atoms with Gasteiger partial charge < -0.3 is 5.32 Å². The zero-order valence-corrected chi connectivity index (χ0v) is 7.51. The minimum atomic E-state index is -2.38. The van der Waals surface area contributed by atoms with Gasteiger partial charge in [0.2, 0.25) is 5.95 Å². The molecule has 0 bridgehead atoms. The number of hydrogen-bond acceptors (Lipinski definition) is 3. The number of nitrogens with one attached hydrogen (secondary N) is 1. The van der Waals surface area contributed by atoms with Crippen molar-refractivity contribution >= 4 is 5.95 Å². The molecule has 3 nitrogen and oxygen atoms in total. The highest BCUT2D eigenvalue weighted by Gasteiger charge is 2.03. The molecular formula is C8H11F2N3. The summed E-state index contributed by atoms with van der Waals surface area (Å²) in [6.07, 6.45) is -2.38. The Morgan fingerprint density at radius 1 is 1.31 bits per heavy atom. The van der Waals surface area contributed by atoms with Crippen LogP contribution in [0.2, 0.25) is 0 Å². The van der Waals surface area contributed by atoms with Crippen LogP contribution in [0.15, 0.2) is 6.07 Å². The molecule has 1 aromatic rings. The third-order valence-electron chi connectivity index (χ3n) is 1.40. The van der Waals surface area contributed by atoms with Crippen LogP contribution < -0.4 is 5.32 Å². The van der Waals surface area contributed by atoms with Crippen molar-refractivity contribution in [3.63, 3.8) is 0 Å². The number of aryl methyl sites for hydroxylation is 2. The summed E-state index contributed by atoms with van der Waals surface area (Å²) < 4.78 is 23.6. The fourth-order valence-electron chi connectivity index (χ4n) is 0.973. The molecular weight excluding hydrogens is 176 g/mol. The number of rotatable bonds is 3. The Labute approximate surface area is 75.2 Å². The molecule has 0 atom stereocenters. The van der Waals surface area contributed by atoms with E-state index in [9.17, 15) is 8.78 Å². The average Bonchev–Trinajstić information content (AvgIpc) is 1.99. The molecule has 0 aliphatic carbocycles. The van der Waals surface area contributed by atoms with E-state index < -0.39 is 13.0 Å². The Kier molecular flexibility index (Phi) is 3.11. The normalized spacial score (nSPS) is 10.5. The van der Waals surface area contributed by atoms with Gasteiger partial charge >= 0.3 is 0 Å². The Morgan fingerprint density at radius 3 is 2.31 bits per heavy atom. The second-order valence-corrected chi connectivity index (χ2v) is 2.75. The summed E-state index contributed by atoms with van der Waals surface area (Å²) in [5.74, 6) is 0.262. The maximum Gasteiger partial charge on any atom is 0.255 e. The quantitative estimate of drug-likeness (QED) is 0.783. The lowest BCUT2D eigenvalue weighted by molar-refractivity contribution is 0.163. The van der Waals surface area contributed by atoms with Gasteiger partial charge in [0.05, 0.1) is 6.54 Å². The van der Waals surface area contributed by atoms with Gasteiger partial charge in [0.1, 0.15) is 0 Å². The molecule has 0 aliphatic heterocycles. The summed E-state index contributed by atoms with van der Waals surface area (Å²) in [6.45, 7) is 3.17. The first-order chi connectivity index (χ1) is 6.08. The fourth-order valence-corrected chi connectivity index (χ4v) is 0.973. The number of aromatic nitrogens is 2. The van der Waals surface area contributed by atoms with E-state index >= 15 is 0 Å². The lowest BCUT2D eigenvalue weighted by Crippen LogP contribution is -2.13. The van der Waals surface area contributed by atoms with Crippen molar-refractivity contribution in [3.8, 4) is 0 Å². The minimum absolute atomic E-state index is 0.262. The summed E-state index contributed by atoms with van der Waals surface area (Å²) in [6, 6.07) is 1.79. The van der Waals surface area contributed by atoms with Crippen LogP contribution in [-0.4, -0.2) is 22.9 Å². The van der Waals surface area contributed by atoms with Crippen molar-refractivity contribution in [2.24, 2.45) is 0 Å². The maximum absolute atomic E-state index is 11.8. The molecule has 1 heterocycles. The van der Waals surface area contributed by atoms with Crippen molar-refractivity contribution in [1.29, 1.82) is 0 Å². The number of hydrogen-bond donors (Lipinski definition) is 1. The van der Waals surface area contributed by atoms with Crippen LogP contribution in [0.5, 0.6) is 0 Å². The second kappa shape index (κ2) is 4.11. The number of nitrogens with zero attached hydrogens (tertiary/aromatic N) is 2. The molecule has 72 valence electrons. The van der Waals surface area contributed by atoms with Crippen molar-refractivity contribution in [3.05, 3.63) is 17.5 Å². The molecule has 5 heteroatoms. The number of alkyl halides is 2. The minimum Gasteiger partial charge on any atom is -0.348 e. The average molecular weight is 187 g/mol. The summed E-state index contributed by atoms with van der Waals surface area (Å²) in [5.41, 5.74) is 1.54. The highest BCUT2D eigenvalue weighted by atomic mass is 19.3. The molecule has 1 aromatic heterocycles. The maximum atomic E-state index is 11.8. The fraction of sp³-hybridized carbons (Fsp3) is 0.500. The Morgan fingerprint density at radius 2 is 1.85 bits per heavy atom. The van der Waals surface area contributed by atoms with Crippen molar-refractivity contribution in [2.75, 3.05) is 11.9 Å². The third kappa shape index (κ3) is 3.31. The molecule has 1 N–H and O–H groups in total. The first-order valence-corrected chi connectivity index (χ1v) is 3.92. The first kappa shape index (κ1) is 9.83. The monoisotopic (exact) mass is 187 g/mol. The molecule has 0 spiro atoms. The molecule has 0 aromatic carbocycles. The third-order valence-corrected chi connectivity index (χ3v) is 1.40. The summed E-state index contributed by atoms with van der Waals surface area (Å²) in [5, 5.41) is 2.45. The smallest absolute Gasteiger partial charge is 0.255 e. The lowest BCUT2D eigenvalue weighted by atomic mass is 10.4. The van der Waals surface area contributed by atoms with Crippen molar-refractivity contribution in [1.82, 2.24) is 9.97 Å². The van der Waals surface area contributed by atoms with Gasteiger partial charge in [-0.05, 0) is 19.9 Å². The Balaban J connectivity index is 2.66. The van der Waals surface area contributed by atoms with Gasteiger partial charge in [0.25, 0.3) is 6.43 Å². The van der Waals surface area contributed by atoms with E-state index in [1.165, 1.54) is 0 Å². The van der Waals surface area contributed by atoms with Crippen LogP contribution in [0.3, 0.4) is 0 Å². The van der Waals surface area contributed by atoms with Crippen LogP contribution in [0.25, 0.3) is 0 Å². The molecule has 0 saturated heterocycles. The molecule has 0 saturated carbocycles. The molecule has 0 radical (unpaired) electrons.